The summed E-state index contributed by atoms with van der Waals surface area (Å²) in [6.45, 7) is 2.01. The van der Waals surface area contributed by atoms with E-state index in [0.717, 1.165) is 28.3 Å². The van der Waals surface area contributed by atoms with Crippen LogP contribution in [0.15, 0.2) is 41.7 Å². The molecule has 0 radical (unpaired) electrons. The van der Waals surface area contributed by atoms with Crippen LogP contribution in [0.4, 0.5) is 0 Å². The molecule has 0 saturated heterocycles. The molecule has 1 atom stereocenters. The molecule has 3 aromatic rings. The average Bonchev–Trinajstić information content (AvgIpc) is 3.06. The van der Waals surface area contributed by atoms with Crippen LogP contribution in [-0.2, 0) is 17.6 Å². The number of carbonyl (C=O) groups excluding carboxylic acids is 1. The highest BCUT2D eigenvalue weighted by molar-refractivity contribution is 8.00. The molecule has 134 valence electrons. The van der Waals surface area contributed by atoms with Gasteiger partial charge in [-0.2, -0.15) is 0 Å². The summed E-state index contributed by atoms with van der Waals surface area (Å²) in [5, 5.41) is 5.19. The molecule has 6 heteroatoms. The molecule has 1 amide bonds. The summed E-state index contributed by atoms with van der Waals surface area (Å²) < 4.78 is 0. The first-order chi connectivity index (χ1) is 12.7. The first kappa shape index (κ1) is 17.5. The second kappa shape index (κ2) is 7.76. The third kappa shape index (κ3) is 3.62. The van der Waals surface area contributed by atoms with Gasteiger partial charge in [0.2, 0.25) is 5.91 Å². The molecule has 0 unspecified atom stereocenters. The smallest absolute Gasteiger partial charge is 0.230 e. The van der Waals surface area contributed by atoms with E-state index in [-0.39, 0.29) is 11.9 Å². The molecule has 1 aliphatic rings. The molecule has 2 heterocycles. The number of thiophene rings is 1. The molecule has 0 aliphatic heterocycles. The van der Waals surface area contributed by atoms with Gasteiger partial charge in [0.05, 0.1) is 11.8 Å². The van der Waals surface area contributed by atoms with Crippen molar-refractivity contribution in [3.63, 3.8) is 0 Å². The number of amides is 1. The van der Waals surface area contributed by atoms with Gasteiger partial charge in [-0.05, 0) is 43.7 Å². The van der Waals surface area contributed by atoms with Crippen LogP contribution in [0.2, 0.25) is 0 Å². The summed E-state index contributed by atoms with van der Waals surface area (Å²) in [5.41, 5.74) is 2.53. The van der Waals surface area contributed by atoms with E-state index < -0.39 is 0 Å². The summed E-state index contributed by atoms with van der Waals surface area (Å²) in [4.78, 5) is 23.8. The van der Waals surface area contributed by atoms with Gasteiger partial charge < -0.3 is 5.32 Å². The van der Waals surface area contributed by atoms with Gasteiger partial charge in [0.15, 0.2) is 0 Å². The Kier molecular flexibility index (Phi) is 5.22. The standard InChI is InChI=1S/C20H21N3OS2/c1-13(14-7-3-2-4-8-14)23-17(24)11-25-19-18-15-9-5-6-10-16(15)26-20(18)22-12-21-19/h2-4,7-8,12-13H,5-6,9-11H2,1H3,(H,23,24)/t13-/m1/s1. The van der Waals surface area contributed by atoms with Gasteiger partial charge in [0, 0.05) is 10.3 Å². The van der Waals surface area contributed by atoms with Crippen LogP contribution in [0.3, 0.4) is 0 Å². The largest absolute Gasteiger partial charge is 0.349 e. The van der Waals surface area contributed by atoms with Crippen molar-refractivity contribution in [3.8, 4) is 0 Å². The number of rotatable bonds is 5. The number of aromatic nitrogens is 2. The maximum Gasteiger partial charge on any atom is 0.230 e. The third-order valence-electron chi connectivity index (χ3n) is 4.73. The van der Waals surface area contributed by atoms with Gasteiger partial charge in [-0.25, -0.2) is 9.97 Å². The predicted molar refractivity (Wildman–Crippen MR) is 108 cm³/mol. The molecular formula is C20H21N3OS2. The van der Waals surface area contributed by atoms with Crippen molar-refractivity contribution in [2.75, 3.05) is 5.75 Å². The van der Waals surface area contributed by atoms with Gasteiger partial charge >= 0.3 is 0 Å². The fraction of sp³-hybridized carbons (Fsp3) is 0.350. The summed E-state index contributed by atoms with van der Waals surface area (Å²) in [6.07, 6.45) is 6.36. The van der Waals surface area contributed by atoms with Crippen LogP contribution in [0.5, 0.6) is 0 Å². The lowest BCUT2D eigenvalue weighted by Crippen LogP contribution is -2.28. The van der Waals surface area contributed by atoms with Gasteiger partial charge in [-0.1, -0.05) is 42.1 Å². The second-order valence-electron chi connectivity index (χ2n) is 6.56. The van der Waals surface area contributed by atoms with Crippen molar-refractivity contribution in [1.82, 2.24) is 15.3 Å². The Hall–Kier alpha value is -1.92. The number of hydrogen-bond acceptors (Lipinski definition) is 5. The first-order valence-corrected chi connectivity index (χ1v) is 10.7. The maximum atomic E-state index is 12.4. The second-order valence-corrected chi connectivity index (χ2v) is 8.61. The topological polar surface area (TPSA) is 54.9 Å². The highest BCUT2D eigenvalue weighted by Gasteiger charge is 2.20. The minimum Gasteiger partial charge on any atom is -0.349 e. The summed E-state index contributed by atoms with van der Waals surface area (Å²) in [6, 6.07) is 10.0. The molecule has 4 rings (SSSR count). The van der Waals surface area contributed by atoms with Crippen molar-refractivity contribution >= 4 is 39.2 Å². The number of thioether (sulfide) groups is 1. The number of hydrogen-bond donors (Lipinski definition) is 1. The summed E-state index contributed by atoms with van der Waals surface area (Å²) in [7, 11) is 0. The van der Waals surface area contributed by atoms with Crippen molar-refractivity contribution in [1.29, 1.82) is 0 Å². The number of carbonyl (C=O) groups is 1. The van der Waals surface area contributed by atoms with Crippen LogP contribution in [0, 0.1) is 0 Å². The Morgan fingerprint density at radius 1 is 1.23 bits per heavy atom. The first-order valence-electron chi connectivity index (χ1n) is 8.94. The highest BCUT2D eigenvalue weighted by Crippen LogP contribution is 2.39. The van der Waals surface area contributed by atoms with Crippen LogP contribution in [-0.4, -0.2) is 21.6 Å². The lowest BCUT2D eigenvalue weighted by Gasteiger charge is -2.14. The number of fused-ring (bicyclic) bond motifs is 3. The zero-order valence-electron chi connectivity index (χ0n) is 14.7. The van der Waals surface area contributed by atoms with Crippen LogP contribution >= 0.6 is 23.1 Å². The van der Waals surface area contributed by atoms with Crippen LogP contribution in [0.25, 0.3) is 10.2 Å². The number of nitrogens with one attached hydrogen (secondary N) is 1. The van der Waals surface area contributed by atoms with E-state index in [9.17, 15) is 4.79 Å². The van der Waals surface area contributed by atoms with Gasteiger partial charge in [0.25, 0.3) is 0 Å². The number of aryl methyl sites for hydroxylation is 2. The number of benzene rings is 1. The highest BCUT2D eigenvalue weighted by atomic mass is 32.2. The molecule has 4 nitrogen and oxygen atoms in total. The van der Waals surface area contributed by atoms with Crippen molar-refractivity contribution < 1.29 is 4.79 Å². The normalized spacial score (nSPS) is 14.8. The van der Waals surface area contributed by atoms with Crippen molar-refractivity contribution in [2.45, 2.75) is 43.7 Å². The van der Waals surface area contributed by atoms with E-state index in [1.54, 1.807) is 17.7 Å². The van der Waals surface area contributed by atoms with Gasteiger partial charge in [-0.15, -0.1) is 11.3 Å². The minimum absolute atomic E-state index is 0.00336. The summed E-state index contributed by atoms with van der Waals surface area (Å²) in [5.74, 6) is 0.399. The SMILES string of the molecule is C[C@@H](NC(=O)CSc1ncnc2sc3c(c12)CCCC3)c1ccccc1. The molecule has 0 bridgehead atoms. The molecule has 2 aromatic heterocycles. The quantitative estimate of drug-likeness (QED) is 0.519. The fourth-order valence-electron chi connectivity index (χ4n) is 3.41. The van der Waals surface area contributed by atoms with E-state index in [4.69, 9.17) is 0 Å². The van der Waals surface area contributed by atoms with Crippen molar-refractivity contribution in [2.24, 2.45) is 0 Å². The predicted octanol–water partition coefficient (Wildman–Crippen LogP) is 4.54. The lowest BCUT2D eigenvalue weighted by atomic mass is 9.97. The fourth-order valence-corrected chi connectivity index (χ4v) is 5.54. The molecule has 1 aromatic carbocycles. The Balaban J connectivity index is 1.46. The third-order valence-corrected chi connectivity index (χ3v) is 6.92. The zero-order chi connectivity index (χ0) is 17.9. The van der Waals surface area contributed by atoms with E-state index >= 15 is 0 Å². The minimum atomic E-state index is 0.00336. The Bertz CT molecular complexity index is 923. The Morgan fingerprint density at radius 3 is 2.88 bits per heavy atom. The molecule has 0 saturated carbocycles. The van der Waals surface area contributed by atoms with E-state index in [0.29, 0.717) is 5.75 Å². The van der Waals surface area contributed by atoms with Gasteiger partial charge in [-0.3, -0.25) is 4.79 Å². The molecule has 1 N–H and O–H groups in total. The molecule has 1 aliphatic carbocycles. The molecule has 26 heavy (non-hydrogen) atoms. The summed E-state index contributed by atoms with van der Waals surface area (Å²) >= 11 is 3.31. The molecule has 0 fully saturated rings. The molecule has 0 spiro atoms. The zero-order valence-corrected chi connectivity index (χ0v) is 16.3. The van der Waals surface area contributed by atoms with Gasteiger partial charge in [0.1, 0.15) is 16.2 Å². The van der Waals surface area contributed by atoms with E-state index in [1.807, 2.05) is 37.3 Å². The van der Waals surface area contributed by atoms with E-state index in [1.165, 1.54) is 40.4 Å². The number of nitrogens with zero attached hydrogens (tertiary/aromatic N) is 2. The maximum absolute atomic E-state index is 12.4. The Labute approximate surface area is 161 Å². The lowest BCUT2D eigenvalue weighted by molar-refractivity contribution is -0.119. The van der Waals surface area contributed by atoms with Crippen molar-refractivity contribution in [3.05, 3.63) is 52.7 Å². The van der Waals surface area contributed by atoms with E-state index in [2.05, 4.69) is 15.3 Å². The Morgan fingerprint density at radius 2 is 2.04 bits per heavy atom. The van der Waals surface area contributed by atoms with Crippen LogP contribution in [0.1, 0.15) is 41.8 Å². The van der Waals surface area contributed by atoms with Crippen LogP contribution < -0.4 is 5.32 Å². The monoisotopic (exact) mass is 383 g/mol. The average molecular weight is 384 g/mol. The molecular weight excluding hydrogens is 362 g/mol.